The number of halogens is 1. The van der Waals surface area contributed by atoms with Crippen LogP contribution in [-0.2, 0) is 0 Å². The normalized spacial score (nSPS) is 23.1. The van der Waals surface area contributed by atoms with Crippen molar-refractivity contribution in [1.29, 1.82) is 0 Å². The predicted octanol–water partition coefficient (Wildman–Crippen LogP) is 1.90. The molecule has 1 unspecified atom stereocenters. The van der Waals surface area contributed by atoms with Crippen LogP contribution in [0, 0.1) is 5.92 Å². The van der Waals surface area contributed by atoms with Crippen molar-refractivity contribution in [3.05, 3.63) is 12.2 Å². The molecule has 2 heteroatoms. The maximum atomic E-state index is 13.3. The molecule has 0 aromatic heterocycles. The van der Waals surface area contributed by atoms with Crippen LogP contribution in [0.2, 0.25) is 0 Å². The zero-order valence-corrected chi connectivity index (χ0v) is 7.07. The molecule has 0 aromatic rings. The quantitative estimate of drug-likeness (QED) is 0.604. The van der Waals surface area contributed by atoms with Crippen molar-refractivity contribution in [2.45, 2.75) is 25.9 Å². The molecular weight excluding hydrogens is 141 g/mol. The number of hydrogen-bond acceptors (Lipinski definition) is 1. The molecule has 1 heterocycles. The fraction of sp³-hybridized carbons (Fsp3) is 0.778. The minimum Gasteiger partial charge on any atom is -0.317 e. The minimum absolute atomic E-state index is 0.216. The summed E-state index contributed by atoms with van der Waals surface area (Å²) in [5.41, 5.74) is 0.678. The topological polar surface area (TPSA) is 12.0 Å². The molecule has 1 nitrogen and oxygen atoms in total. The summed E-state index contributed by atoms with van der Waals surface area (Å²) in [4.78, 5) is 0. The smallest absolute Gasteiger partial charge is 0.124 e. The molecule has 1 fully saturated rings. The third kappa shape index (κ3) is 2.29. The fourth-order valence-electron chi connectivity index (χ4n) is 1.54. The number of alkyl halides is 1. The highest BCUT2D eigenvalue weighted by Gasteiger charge is 2.22. The Morgan fingerprint density at radius 1 is 1.55 bits per heavy atom. The lowest BCUT2D eigenvalue weighted by atomic mass is 9.90. The van der Waals surface area contributed by atoms with Gasteiger partial charge in [0.05, 0.1) is 0 Å². The molecule has 0 bridgehead atoms. The Morgan fingerprint density at radius 3 is 2.55 bits per heavy atom. The van der Waals surface area contributed by atoms with Gasteiger partial charge in [0.25, 0.3) is 0 Å². The second-order valence-corrected chi connectivity index (χ2v) is 3.34. The van der Waals surface area contributed by atoms with Crippen molar-refractivity contribution < 1.29 is 4.39 Å². The number of allylic oxidation sites excluding steroid dienone is 1. The van der Waals surface area contributed by atoms with Crippen molar-refractivity contribution in [2.75, 3.05) is 13.1 Å². The van der Waals surface area contributed by atoms with Crippen molar-refractivity contribution in [1.82, 2.24) is 5.32 Å². The fourth-order valence-corrected chi connectivity index (χ4v) is 1.54. The monoisotopic (exact) mass is 157 g/mol. The molecule has 0 aliphatic carbocycles. The molecule has 1 aliphatic heterocycles. The van der Waals surface area contributed by atoms with Crippen molar-refractivity contribution in [3.63, 3.8) is 0 Å². The molecule has 1 atom stereocenters. The van der Waals surface area contributed by atoms with Crippen molar-refractivity contribution in [2.24, 2.45) is 5.92 Å². The molecule has 0 saturated carbocycles. The van der Waals surface area contributed by atoms with Crippen LogP contribution in [0.3, 0.4) is 0 Å². The Bertz CT molecular complexity index is 138. The van der Waals surface area contributed by atoms with Gasteiger partial charge < -0.3 is 5.32 Å². The third-order valence-electron chi connectivity index (χ3n) is 2.27. The van der Waals surface area contributed by atoms with Crippen LogP contribution in [0.5, 0.6) is 0 Å². The van der Waals surface area contributed by atoms with Gasteiger partial charge in [-0.2, -0.15) is 0 Å². The summed E-state index contributed by atoms with van der Waals surface area (Å²) < 4.78 is 13.3. The highest BCUT2D eigenvalue weighted by molar-refractivity contribution is 5.00. The SMILES string of the molecule is C=C(C)C(F)C1CCNCC1. The Balaban J connectivity index is 2.38. The van der Waals surface area contributed by atoms with Crippen LogP contribution >= 0.6 is 0 Å². The molecule has 1 N–H and O–H groups in total. The van der Waals surface area contributed by atoms with Gasteiger partial charge in [-0.25, -0.2) is 4.39 Å². The van der Waals surface area contributed by atoms with Gasteiger partial charge in [-0.15, -0.1) is 0 Å². The van der Waals surface area contributed by atoms with E-state index >= 15 is 0 Å². The molecule has 1 aliphatic rings. The maximum absolute atomic E-state index is 13.3. The summed E-state index contributed by atoms with van der Waals surface area (Å²) in [5.74, 6) is 0.216. The Morgan fingerprint density at radius 2 is 2.09 bits per heavy atom. The first kappa shape index (κ1) is 8.72. The molecule has 0 radical (unpaired) electrons. The summed E-state index contributed by atoms with van der Waals surface area (Å²) in [6.07, 6.45) is 1.12. The van der Waals surface area contributed by atoms with E-state index in [1.54, 1.807) is 6.92 Å². The Labute approximate surface area is 67.7 Å². The van der Waals surface area contributed by atoms with E-state index in [1.165, 1.54) is 0 Å². The van der Waals surface area contributed by atoms with E-state index < -0.39 is 6.17 Å². The van der Waals surface area contributed by atoms with E-state index in [9.17, 15) is 4.39 Å². The largest absolute Gasteiger partial charge is 0.317 e. The van der Waals surface area contributed by atoms with Crippen molar-refractivity contribution >= 4 is 0 Å². The van der Waals surface area contributed by atoms with E-state index in [0.717, 1.165) is 25.9 Å². The van der Waals surface area contributed by atoms with Gasteiger partial charge in [0, 0.05) is 0 Å². The van der Waals surface area contributed by atoms with E-state index in [1.807, 2.05) is 0 Å². The first-order valence-corrected chi connectivity index (χ1v) is 4.22. The van der Waals surface area contributed by atoms with Crippen LogP contribution in [0.4, 0.5) is 4.39 Å². The van der Waals surface area contributed by atoms with Crippen LogP contribution < -0.4 is 5.32 Å². The second kappa shape index (κ2) is 3.86. The number of nitrogens with one attached hydrogen (secondary N) is 1. The van der Waals surface area contributed by atoms with E-state index in [2.05, 4.69) is 11.9 Å². The molecule has 11 heavy (non-hydrogen) atoms. The van der Waals surface area contributed by atoms with Gasteiger partial charge in [0.1, 0.15) is 6.17 Å². The van der Waals surface area contributed by atoms with Crippen LogP contribution in [0.15, 0.2) is 12.2 Å². The van der Waals surface area contributed by atoms with Gasteiger partial charge in [-0.05, 0) is 44.3 Å². The first-order chi connectivity index (χ1) is 5.22. The highest BCUT2D eigenvalue weighted by Crippen LogP contribution is 2.23. The zero-order valence-electron chi connectivity index (χ0n) is 7.07. The van der Waals surface area contributed by atoms with Gasteiger partial charge in [-0.3, -0.25) is 0 Å². The van der Waals surface area contributed by atoms with E-state index in [-0.39, 0.29) is 5.92 Å². The summed E-state index contributed by atoms with van der Waals surface area (Å²) in [6.45, 7) is 7.32. The van der Waals surface area contributed by atoms with Crippen molar-refractivity contribution in [3.8, 4) is 0 Å². The van der Waals surface area contributed by atoms with Gasteiger partial charge in [-0.1, -0.05) is 6.58 Å². The van der Waals surface area contributed by atoms with Gasteiger partial charge >= 0.3 is 0 Å². The van der Waals surface area contributed by atoms with Gasteiger partial charge in [0.15, 0.2) is 0 Å². The average molecular weight is 157 g/mol. The molecule has 0 spiro atoms. The summed E-state index contributed by atoms with van der Waals surface area (Å²) in [6, 6.07) is 0. The number of hydrogen-bond donors (Lipinski definition) is 1. The molecule has 1 saturated heterocycles. The maximum Gasteiger partial charge on any atom is 0.124 e. The highest BCUT2D eigenvalue weighted by atomic mass is 19.1. The summed E-state index contributed by atoms with van der Waals surface area (Å²) in [5, 5.41) is 3.21. The molecule has 64 valence electrons. The van der Waals surface area contributed by atoms with Crippen LogP contribution in [0.25, 0.3) is 0 Å². The van der Waals surface area contributed by atoms with E-state index in [4.69, 9.17) is 0 Å². The lowest BCUT2D eigenvalue weighted by Crippen LogP contribution is -2.32. The molecule has 0 amide bonds. The summed E-state index contributed by atoms with van der Waals surface area (Å²) >= 11 is 0. The Kier molecular flexibility index (Phi) is 3.06. The second-order valence-electron chi connectivity index (χ2n) is 3.34. The Hall–Kier alpha value is -0.370. The zero-order chi connectivity index (χ0) is 8.27. The lowest BCUT2D eigenvalue weighted by Gasteiger charge is -2.25. The number of rotatable bonds is 2. The van der Waals surface area contributed by atoms with E-state index in [0.29, 0.717) is 5.57 Å². The molecular formula is C9H16FN. The summed E-state index contributed by atoms with van der Waals surface area (Å²) in [7, 11) is 0. The standard InChI is InChI=1S/C9H16FN/c1-7(2)9(10)8-3-5-11-6-4-8/h8-9,11H,1,3-6H2,2H3. The first-order valence-electron chi connectivity index (χ1n) is 4.22. The van der Waals surface area contributed by atoms with Crippen LogP contribution in [-0.4, -0.2) is 19.3 Å². The number of piperidine rings is 1. The predicted molar refractivity (Wildman–Crippen MR) is 45.3 cm³/mol. The van der Waals surface area contributed by atoms with Gasteiger partial charge in [0.2, 0.25) is 0 Å². The average Bonchev–Trinajstić information content (AvgIpc) is 2.05. The third-order valence-corrected chi connectivity index (χ3v) is 2.27. The molecule has 0 aromatic carbocycles. The molecule has 1 rings (SSSR count). The lowest BCUT2D eigenvalue weighted by molar-refractivity contribution is 0.220. The minimum atomic E-state index is -0.780. The van der Waals surface area contributed by atoms with Crippen LogP contribution in [0.1, 0.15) is 19.8 Å².